The zero-order valence-corrected chi connectivity index (χ0v) is 13.5. The Kier molecular flexibility index (Phi) is 7.18. The molecule has 1 heterocycles. The first-order valence-electron chi connectivity index (χ1n) is 7.49. The van der Waals surface area contributed by atoms with Crippen LogP contribution in [0, 0.1) is 0 Å². The highest BCUT2D eigenvalue weighted by molar-refractivity contribution is 5.00. The van der Waals surface area contributed by atoms with Gasteiger partial charge in [-0.05, 0) is 33.6 Å². The van der Waals surface area contributed by atoms with Crippen molar-refractivity contribution < 1.29 is 29.9 Å². The van der Waals surface area contributed by atoms with E-state index >= 15 is 0 Å². The van der Waals surface area contributed by atoms with Gasteiger partial charge in [-0.3, -0.25) is 0 Å². The fraction of sp³-hybridized carbons (Fsp3) is 0.750. The maximum atomic E-state index is 10.0. The predicted octanol–water partition coefficient (Wildman–Crippen LogP) is 0.494. The van der Waals surface area contributed by atoms with E-state index in [0.29, 0.717) is 6.42 Å². The van der Waals surface area contributed by atoms with Gasteiger partial charge in [-0.25, -0.2) is 0 Å². The van der Waals surface area contributed by atoms with Crippen molar-refractivity contribution in [3.05, 3.63) is 24.3 Å². The van der Waals surface area contributed by atoms with Gasteiger partial charge in [0.2, 0.25) is 0 Å². The fourth-order valence-electron chi connectivity index (χ4n) is 2.29. The van der Waals surface area contributed by atoms with Crippen LogP contribution in [0.15, 0.2) is 24.3 Å². The summed E-state index contributed by atoms with van der Waals surface area (Å²) in [5.41, 5.74) is 0.429. The molecule has 1 aliphatic heterocycles. The molecule has 6 heteroatoms. The summed E-state index contributed by atoms with van der Waals surface area (Å²) in [6.45, 7) is 9.08. The van der Waals surface area contributed by atoms with Crippen LogP contribution in [-0.2, 0) is 9.47 Å². The molecule has 0 amide bonds. The average Bonchev–Trinajstić information content (AvgIpc) is 2.47. The Bertz CT molecular complexity index is 390. The molecule has 0 aliphatic carbocycles. The van der Waals surface area contributed by atoms with Gasteiger partial charge in [0, 0.05) is 0 Å². The number of aliphatic hydroxyl groups is 4. The topological polar surface area (TPSA) is 99.4 Å². The largest absolute Gasteiger partial charge is 0.394 e. The van der Waals surface area contributed by atoms with Crippen LogP contribution in [0.5, 0.6) is 0 Å². The molecule has 128 valence electrons. The van der Waals surface area contributed by atoms with Crippen LogP contribution in [0.2, 0.25) is 0 Å². The van der Waals surface area contributed by atoms with Gasteiger partial charge in [0.05, 0.1) is 12.2 Å². The fourth-order valence-corrected chi connectivity index (χ4v) is 2.29. The number of allylic oxidation sites excluding steroid dienone is 2. The lowest BCUT2D eigenvalue weighted by atomic mass is 9.96. The average molecular weight is 316 g/mol. The minimum Gasteiger partial charge on any atom is -0.394 e. The Morgan fingerprint density at radius 2 is 1.86 bits per heavy atom. The Morgan fingerprint density at radius 1 is 1.23 bits per heavy atom. The molecule has 1 rings (SSSR count). The molecule has 6 nitrogen and oxygen atoms in total. The summed E-state index contributed by atoms with van der Waals surface area (Å²) in [6, 6.07) is 0. The molecule has 0 bridgehead atoms. The first kappa shape index (κ1) is 19.3. The maximum absolute atomic E-state index is 10.0. The lowest BCUT2D eigenvalue weighted by molar-refractivity contribution is -0.319. The van der Waals surface area contributed by atoms with Crippen molar-refractivity contribution in [1.82, 2.24) is 0 Å². The maximum Gasteiger partial charge on any atom is 0.187 e. The van der Waals surface area contributed by atoms with Crippen LogP contribution in [0.4, 0.5) is 0 Å². The van der Waals surface area contributed by atoms with Crippen molar-refractivity contribution in [2.45, 2.75) is 69.9 Å². The number of ether oxygens (including phenoxy) is 2. The number of rotatable bonds is 7. The molecule has 6 atom stereocenters. The molecular weight excluding hydrogens is 288 g/mol. The van der Waals surface area contributed by atoms with Crippen LogP contribution in [0.1, 0.15) is 33.6 Å². The molecule has 0 aromatic carbocycles. The van der Waals surface area contributed by atoms with Crippen molar-refractivity contribution in [1.29, 1.82) is 0 Å². The van der Waals surface area contributed by atoms with Gasteiger partial charge >= 0.3 is 0 Å². The summed E-state index contributed by atoms with van der Waals surface area (Å²) in [7, 11) is 0. The van der Waals surface area contributed by atoms with Gasteiger partial charge in [-0.1, -0.05) is 17.7 Å². The molecule has 2 unspecified atom stereocenters. The third-order valence-corrected chi connectivity index (χ3v) is 3.86. The third kappa shape index (κ3) is 4.87. The van der Waals surface area contributed by atoms with E-state index in [-0.39, 0.29) is 0 Å². The molecule has 1 fully saturated rings. The second kappa shape index (κ2) is 8.19. The Morgan fingerprint density at radius 3 is 2.36 bits per heavy atom. The smallest absolute Gasteiger partial charge is 0.187 e. The molecule has 1 aliphatic rings. The van der Waals surface area contributed by atoms with Gasteiger partial charge in [0.15, 0.2) is 6.29 Å². The molecule has 0 saturated carbocycles. The van der Waals surface area contributed by atoms with Crippen molar-refractivity contribution in [3.63, 3.8) is 0 Å². The second-order valence-corrected chi connectivity index (χ2v) is 6.15. The Hall–Kier alpha value is -0.760. The summed E-state index contributed by atoms with van der Waals surface area (Å²) >= 11 is 0. The summed E-state index contributed by atoms with van der Waals surface area (Å²) in [5, 5.41) is 38.7. The third-order valence-electron chi connectivity index (χ3n) is 3.86. The van der Waals surface area contributed by atoms with Crippen LogP contribution in [0.3, 0.4) is 0 Å². The molecule has 0 radical (unpaired) electrons. The quantitative estimate of drug-likeness (QED) is 0.510. The molecular formula is C16H28O6. The highest BCUT2D eigenvalue weighted by atomic mass is 16.7. The van der Waals surface area contributed by atoms with E-state index in [4.69, 9.17) is 9.47 Å². The first-order valence-corrected chi connectivity index (χ1v) is 7.49. The molecule has 22 heavy (non-hydrogen) atoms. The van der Waals surface area contributed by atoms with E-state index in [2.05, 4.69) is 12.7 Å². The first-order chi connectivity index (χ1) is 10.2. The van der Waals surface area contributed by atoms with Gasteiger partial charge in [0.1, 0.15) is 24.4 Å². The molecule has 0 aromatic heterocycles. The van der Waals surface area contributed by atoms with Crippen LogP contribution in [0.25, 0.3) is 0 Å². The zero-order valence-electron chi connectivity index (χ0n) is 13.5. The van der Waals surface area contributed by atoms with E-state index in [1.165, 1.54) is 5.57 Å². The minimum atomic E-state index is -1.44. The van der Waals surface area contributed by atoms with Crippen LogP contribution < -0.4 is 0 Å². The van der Waals surface area contributed by atoms with Crippen molar-refractivity contribution in [3.8, 4) is 0 Å². The van der Waals surface area contributed by atoms with E-state index in [9.17, 15) is 20.4 Å². The van der Waals surface area contributed by atoms with Gasteiger partial charge in [-0.15, -0.1) is 6.58 Å². The van der Waals surface area contributed by atoms with Crippen LogP contribution in [-0.4, -0.2) is 63.3 Å². The SMILES string of the molecule is C=CC(C)(CCC=C(C)C)OC1O[C@H](CO)[C@@H](O)[C@H](O)[C@H]1O. The van der Waals surface area contributed by atoms with Crippen molar-refractivity contribution in [2.24, 2.45) is 0 Å². The molecule has 4 N–H and O–H groups in total. The molecule has 0 aromatic rings. The van der Waals surface area contributed by atoms with Gasteiger partial charge in [-0.2, -0.15) is 0 Å². The summed E-state index contributed by atoms with van der Waals surface area (Å²) < 4.78 is 11.1. The Labute approximate surface area is 131 Å². The van der Waals surface area contributed by atoms with Crippen molar-refractivity contribution in [2.75, 3.05) is 6.61 Å². The molecule has 0 spiro atoms. The summed E-state index contributed by atoms with van der Waals surface area (Å²) in [5.74, 6) is 0. The normalized spacial score (nSPS) is 34.8. The van der Waals surface area contributed by atoms with Crippen molar-refractivity contribution >= 4 is 0 Å². The molecule has 1 saturated heterocycles. The second-order valence-electron chi connectivity index (χ2n) is 6.15. The summed E-state index contributed by atoms with van der Waals surface area (Å²) in [6.07, 6.45) is -1.28. The Balaban J connectivity index is 2.75. The standard InChI is InChI=1S/C16H28O6/c1-5-16(4,8-6-7-10(2)3)22-15-14(20)13(19)12(18)11(9-17)21-15/h5,7,11-15,17-20H,1,6,8-9H2,2-4H3/t11-,12-,13+,14-,15?,16?/m1/s1. The lowest BCUT2D eigenvalue weighted by Crippen LogP contribution is -2.60. The van der Waals surface area contributed by atoms with E-state index < -0.39 is 42.9 Å². The van der Waals surface area contributed by atoms with Gasteiger partial charge < -0.3 is 29.9 Å². The lowest BCUT2D eigenvalue weighted by Gasteiger charge is -2.42. The van der Waals surface area contributed by atoms with E-state index in [1.807, 2.05) is 13.8 Å². The highest BCUT2D eigenvalue weighted by Gasteiger charge is 2.45. The minimum absolute atomic E-state index is 0.479. The number of aliphatic hydroxyl groups excluding tert-OH is 4. The predicted molar refractivity (Wildman–Crippen MR) is 82.1 cm³/mol. The van der Waals surface area contributed by atoms with Gasteiger partial charge in [0.25, 0.3) is 0 Å². The zero-order chi connectivity index (χ0) is 16.9. The monoisotopic (exact) mass is 316 g/mol. The number of hydrogen-bond donors (Lipinski definition) is 4. The van der Waals surface area contributed by atoms with E-state index in [0.717, 1.165) is 6.42 Å². The van der Waals surface area contributed by atoms with E-state index in [1.54, 1.807) is 13.0 Å². The van der Waals surface area contributed by atoms with Crippen LogP contribution >= 0.6 is 0 Å². The highest BCUT2D eigenvalue weighted by Crippen LogP contribution is 2.29. The number of hydrogen-bond acceptors (Lipinski definition) is 6. The summed E-state index contributed by atoms with van der Waals surface area (Å²) in [4.78, 5) is 0.